The molecule has 1 heterocycles. The van der Waals surface area contributed by atoms with E-state index in [0.717, 1.165) is 6.42 Å². The van der Waals surface area contributed by atoms with Gasteiger partial charge in [-0.3, -0.25) is 4.79 Å². The standard InChI is InChI=1S/C10H14ClNO3/c1-2-3-7(13)6-12-10(14)8-4-5-9(11)15-8/h4-5,7,13H,2-3,6H2,1H3,(H,12,14). The second kappa shape index (κ2) is 5.78. The summed E-state index contributed by atoms with van der Waals surface area (Å²) in [4.78, 5) is 11.4. The predicted molar refractivity (Wildman–Crippen MR) is 57.0 cm³/mol. The molecular formula is C10H14ClNO3. The van der Waals surface area contributed by atoms with Crippen molar-refractivity contribution >= 4 is 17.5 Å². The lowest BCUT2D eigenvalue weighted by Crippen LogP contribution is -2.31. The largest absolute Gasteiger partial charge is 0.440 e. The molecule has 5 heteroatoms. The molecule has 1 rings (SSSR count). The Labute approximate surface area is 93.2 Å². The van der Waals surface area contributed by atoms with Gasteiger partial charge in [0.15, 0.2) is 11.0 Å². The van der Waals surface area contributed by atoms with E-state index in [-0.39, 0.29) is 23.4 Å². The van der Waals surface area contributed by atoms with Crippen molar-refractivity contribution in [2.45, 2.75) is 25.9 Å². The first-order valence-corrected chi connectivity index (χ1v) is 5.23. The molecule has 15 heavy (non-hydrogen) atoms. The Morgan fingerprint density at radius 2 is 2.40 bits per heavy atom. The van der Waals surface area contributed by atoms with Crippen LogP contribution >= 0.6 is 11.6 Å². The van der Waals surface area contributed by atoms with E-state index in [4.69, 9.17) is 16.0 Å². The van der Waals surface area contributed by atoms with Crippen LogP contribution in [0.1, 0.15) is 30.3 Å². The third kappa shape index (κ3) is 3.93. The summed E-state index contributed by atoms with van der Waals surface area (Å²) in [6, 6.07) is 2.99. The molecule has 0 aliphatic carbocycles. The molecule has 0 spiro atoms. The fourth-order valence-electron chi connectivity index (χ4n) is 1.17. The Morgan fingerprint density at radius 1 is 1.67 bits per heavy atom. The van der Waals surface area contributed by atoms with Gasteiger partial charge in [-0.2, -0.15) is 0 Å². The fourth-order valence-corrected chi connectivity index (χ4v) is 1.32. The summed E-state index contributed by atoms with van der Waals surface area (Å²) < 4.78 is 4.91. The second-order valence-corrected chi connectivity index (χ2v) is 3.63. The van der Waals surface area contributed by atoms with Crippen LogP contribution in [0.25, 0.3) is 0 Å². The molecule has 1 unspecified atom stereocenters. The zero-order valence-electron chi connectivity index (χ0n) is 8.50. The summed E-state index contributed by atoms with van der Waals surface area (Å²) >= 11 is 5.52. The summed E-state index contributed by atoms with van der Waals surface area (Å²) in [6.45, 7) is 2.20. The van der Waals surface area contributed by atoms with Crippen LogP contribution in [-0.4, -0.2) is 23.7 Å². The van der Waals surface area contributed by atoms with Crippen LogP contribution in [0, 0.1) is 0 Å². The highest BCUT2D eigenvalue weighted by Crippen LogP contribution is 2.12. The third-order valence-corrected chi connectivity index (χ3v) is 2.12. The lowest BCUT2D eigenvalue weighted by molar-refractivity contribution is 0.0883. The molecule has 0 aromatic carbocycles. The van der Waals surface area contributed by atoms with Crippen molar-refractivity contribution in [3.05, 3.63) is 23.1 Å². The van der Waals surface area contributed by atoms with Gasteiger partial charge in [0.05, 0.1) is 6.10 Å². The lowest BCUT2D eigenvalue weighted by Gasteiger charge is -2.09. The summed E-state index contributed by atoms with van der Waals surface area (Å²) in [6.07, 6.45) is 1.03. The lowest BCUT2D eigenvalue weighted by atomic mass is 10.2. The monoisotopic (exact) mass is 231 g/mol. The number of hydrogen-bond acceptors (Lipinski definition) is 3. The van der Waals surface area contributed by atoms with E-state index in [1.807, 2.05) is 6.92 Å². The number of rotatable bonds is 5. The average Bonchev–Trinajstić information content (AvgIpc) is 2.62. The fraction of sp³-hybridized carbons (Fsp3) is 0.500. The van der Waals surface area contributed by atoms with Crippen molar-refractivity contribution < 1.29 is 14.3 Å². The van der Waals surface area contributed by atoms with E-state index in [0.29, 0.717) is 6.42 Å². The van der Waals surface area contributed by atoms with Crippen molar-refractivity contribution in [2.24, 2.45) is 0 Å². The second-order valence-electron chi connectivity index (χ2n) is 3.26. The van der Waals surface area contributed by atoms with Crippen LogP contribution in [0.4, 0.5) is 0 Å². The molecule has 0 bridgehead atoms. The summed E-state index contributed by atoms with van der Waals surface area (Å²) in [7, 11) is 0. The van der Waals surface area contributed by atoms with E-state index in [2.05, 4.69) is 5.32 Å². The first-order valence-electron chi connectivity index (χ1n) is 4.85. The normalized spacial score (nSPS) is 12.5. The topological polar surface area (TPSA) is 62.5 Å². The minimum Gasteiger partial charge on any atom is -0.440 e. The van der Waals surface area contributed by atoms with Crippen LogP contribution in [-0.2, 0) is 0 Å². The number of hydrogen-bond donors (Lipinski definition) is 2. The molecule has 0 saturated heterocycles. The Bertz CT molecular complexity index is 324. The summed E-state index contributed by atoms with van der Waals surface area (Å²) in [5.74, 6) is -0.208. The van der Waals surface area contributed by atoms with Gasteiger partial charge < -0.3 is 14.8 Å². The van der Waals surface area contributed by atoms with Gasteiger partial charge in [0.1, 0.15) is 0 Å². The Kier molecular flexibility index (Phi) is 4.65. The van der Waals surface area contributed by atoms with Gasteiger partial charge in [0.25, 0.3) is 5.91 Å². The zero-order valence-corrected chi connectivity index (χ0v) is 9.25. The number of carbonyl (C=O) groups is 1. The molecule has 4 nitrogen and oxygen atoms in total. The summed E-state index contributed by atoms with van der Waals surface area (Å²) in [5.41, 5.74) is 0. The highest BCUT2D eigenvalue weighted by Gasteiger charge is 2.11. The summed E-state index contributed by atoms with van der Waals surface area (Å²) in [5, 5.41) is 12.1. The number of halogens is 1. The van der Waals surface area contributed by atoms with Crippen molar-refractivity contribution in [2.75, 3.05) is 6.54 Å². The predicted octanol–water partition coefficient (Wildman–Crippen LogP) is 1.82. The minimum absolute atomic E-state index is 0.156. The molecule has 1 amide bonds. The Balaban J connectivity index is 2.36. The molecule has 84 valence electrons. The van der Waals surface area contributed by atoms with Gasteiger partial charge in [-0.15, -0.1) is 0 Å². The van der Waals surface area contributed by atoms with Crippen LogP contribution < -0.4 is 5.32 Å². The Hall–Kier alpha value is -1.00. The SMILES string of the molecule is CCCC(O)CNC(=O)c1ccc(Cl)o1. The molecule has 2 N–H and O–H groups in total. The highest BCUT2D eigenvalue weighted by atomic mass is 35.5. The molecule has 1 atom stereocenters. The zero-order chi connectivity index (χ0) is 11.3. The van der Waals surface area contributed by atoms with E-state index < -0.39 is 6.10 Å². The number of aliphatic hydroxyl groups is 1. The number of carbonyl (C=O) groups excluding carboxylic acids is 1. The molecule has 0 aliphatic rings. The van der Waals surface area contributed by atoms with E-state index in [9.17, 15) is 9.90 Å². The van der Waals surface area contributed by atoms with Crippen molar-refractivity contribution in [1.29, 1.82) is 0 Å². The molecule has 1 aromatic heterocycles. The molecule has 0 radical (unpaired) electrons. The number of aliphatic hydroxyl groups excluding tert-OH is 1. The van der Waals surface area contributed by atoms with Gasteiger partial charge >= 0.3 is 0 Å². The molecule has 0 fully saturated rings. The number of amides is 1. The van der Waals surface area contributed by atoms with Gasteiger partial charge in [-0.1, -0.05) is 13.3 Å². The minimum atomic E-state index is -0.510. The maximum absolute atomic E-state index is 11.4. The maximum atomic E-state index is 11.4. The van der Waals surface area contributed by atoms with E-state index >= 15 is 0 Å². The molecule has 0 saturated carbocycles. The van der Waals surface area contributed by atoms with E-state index in [1.54, 1.807) is 0 Å². The number of furan rings is 1. The van der Waals surface area contributed by atoms with Crippen LogP contribution in [0.3, 0.4) is 0 Å². The van der Waals surface area contributed by atoms with Gasteiger partial charge in [0, 0.05) is 6.54 Å². The number of nitrogens with one attached hydrogen (secondary N) is 1. The van der Waals surface area contributed by atoms with E-state index in [1.165, 1.54) is 12.1 Å². The van der Waals surface area contributed by atoms with Crippen molar-refractivity contribution in [1.82, 2.24) is 5.32 Å². The molecule has 1 aromatic rings. The molecular weight excluding hydrogens is 218 g/mol. The van der Waals surface area contributed by atoms with Crippen molar-refractivity contribution in [3.8, 4) is 0 Å². The Morgan fingerprint density at radius 3 is 2.93 bits per heavy atom. The van der Waals surface area contributed by atoms with Gasteiger partial charge in [-0.05, 0) is 30.2 Å². The first-order chi connectivity index (χ1) is 7.13. The van der Waals surface area contributed by atoms with Gasteiger partial charge in [0.2, 0.25) is 0 Å². The van der Waals surface area contributed by atoms with Crippen LogP contribution in [0.2, 0.25) is 5.22 Å². The first kappa shape index (κ1) is 12.1. The smallest absolute Gasteiger partial charge is 0.287 e. The maximum Gasteiger partial charge on any atom is 0.287 e. The van der Waals surface area contributed by atoms with Crippen LogP contribution in [0.5, 0.6) is 0 Å². The average molecular weight is 232 g/mol. The molecule has 0 aliphatic heterocycles. The quantitative estimate of drug-likeness (QED) is 0.813. The highest BCUT2D eigenvalue weighted by molar-refractivity contribution is 6.29. The van der Waals surface area contributed by atoms with Crippen LogP contribution in [0.15, 0.2) is 16.5 Å². The third-order valence-electron chi connectivity index (χ3n) is 1.92. The van der Waals surface area contributed by atoms with Crippen molar-refractivity contribution in [3.63, 3.8) is 0 Å². The van der Waals surface area contributed by atoms with Gasteiger partial charge in [-0.25, -0.2) is 0 Å².